The van der Waals surface area contributed by atoms with Crippen LogP contribution in [-0.2, 0) is 4.74 Å². The Morgan fingerprint density at radius 3 is 2.82 bits per heavy atom. The fourth-order valence-corrected chi connectivity index (χ4v) is 1.39. The Kier molecular flexibility index (Phi) is 2.99. The van der Waals surface area contributed by atoms with Gasteiger partial charge in [0, 0.05) is 6.61 Å². The van der Waals surface area contributed by atoms with E-state index in [1.807, 2.05) is 25.2 Å². The summed E-state index contributed by atoms with van der Waals surface area (Å²) in [5.41, 5.74) is 0. The highest BCUT2D eigenvalue weighted by Crippen LogP contribution is 2.31. The third-order valence-corrected chi connectivity index (χ3v) is 2.51. The van der Waals surface area contributed by atoms with Crippen LogP contribution >= 0.6 is 23.2 Å². The van der Waals surface area contributed by atoms with Crippen LogP contribution < -0.4 is 0 Å². The zero-order valence-corrected chi connectivity index (χ0v) is 7.77. The van der Waals surface area contributed by atoms with Crippen molar-refractivity contribution in [2.75, 3.05) is 6.61 Å². The lowest BCUT2D eigenvalue weighted by Gasteiger charge is -2.28. The van der Waals surface area contributed by atoms with Gasteiger partial charge in [0.1, 0.15) is 0 Å². The van der Waals surface area contributed by atoms with Gasteiger partial charge in [0.2, 0.25) is 0 Å². The molecule has 3 heteroatoms. The summed E-state index contributed by atoms with van der Waals surface area (Å²) < 4.78 is 5.28. The summed E-state index contributed by atoms with van der Waals surface area (Å²) in [5, 5.41) is -1.13. The molecule has 0 amide bonds. The molecule has 1 aliphatic rings. The molecule has 0 fully saturated rings. The van der Waals surface area contributed by atoms with Gasteiger partial charge in [-0.2, -0.15) is 0 Å². The smallest absolute Gasteiger partial charge is 0.180 e. The van der Waals surface area contributed by atoms with Crippen molar-refractivity contribution in [1.29, 1.82) is 0 Å². The highest BCUT2D eigenvalue weighted by Gasteiger charge is 2.33. The van der Waals surface area contributed by atoms with Gasteiger partial charge >= 0.3 is 0 Å². The van der Waals surface area contributed by atoms with Gasteiger partial charge in [-0.15, -0.1) is 11.6 Å². The Hall–Kier alpha value is 0.0200. The third-order valence-electron chi connectivity index (χ3n) is 1.46. The fraction of sp³-hybridized carbons (Fsp3) is 0.500. The van der Waals surface area contributed by atoms with E-state index in [1.165, 1.54) is 0 Å². The average molecular weight is 193 g/mol. The van der Waals surface area contributed by atoms with E-state index in [2.05, 4.69) is 0 Å². The predicted octanol–water partition coefficient (Wildman–Crippen LogP) is 2.69. The quantitative estimate of drug-likeness (QED) is 0.612. The van der Waals surface area contributed by atoms with Gasteiger partial charge in [-0.25, -0.2) is 0 Å². The zero-order chi connectivity index (χ0) is 8.32. The molecule has 0 heterocycles. The van der Waals surface area contributed by atoms with Crippen LogP contribution in [0.15, 0.2) is 24.3 Å². The van der Waals surface area contributed by atoms with Crippen molar-refractivity contribution in [2.45, 2.75) is 17.4 Å². The first kappa shape index (κ1) is 9.11. The van der Waals surface area contributed by atoms with Gasteiger partial charge in [-0.3, -0.25) is 0 Å². The summed E-state index contributed by atoms with van der Waals surface area (Å²) in [6.45, 7) is 2.45. The van der Waals surface area contributed by atoms with E-state index >= 15 is 0 Å². The summed E-state index contributed by atoms with van der Waals surface area (Å²) in [4.78, 5) is 0. The van der Waals surface area contributed by atoms with Crippen LogP contribution in [0.1, 0.15) is 6.92 Å². The summed E-state index contributed by atoms with van der Waals surface area (Å²) in [5.74, 6) is 0. The molecular weight excluding hydrogens is 183 g/mol. The van der Waals surface area contributed by atoms with Crippen molar-refractivity contribution in [3.63, 3.8) is 0 Å². The second-order valence-corrected chi connectivity index (χ2v) is 3.34. The number of ether oxygens (including phenoxy) is 1. The van der Waals surface area contributed by atoms with E-state index in [-0.39, 0.29) is 5.38 Å². The van der Waals surface area contributed by atoms with Crippen LogP contribution in [0.4, 0.5) is 0 Å². The molecule has 1 nitrogen and oxygen atoms in total. The second kappa shape index (κ2) is 3.61. The van der Waals surface area contributed by atoms with Crippen molar-refractivity contribution in [3.05, 3.63) is 24.3 Å². The molecule has 0 bridgehead atoms. The van der Waals surface area contributed by atoms with Crippen LogP contribution in [0.3, 0.4) is 0 Å². The first-order valence-electron chi connectivity index (χ1n) is 3.52. The summed E-state index contributed by atoms with van der Waals surface area (Å²) >= 11 is 11.9. The highest BCUT2D eigenvalue weighted by molar-refractivity contribution is 6.33. The van der Waals surface area contributed by atoms with Gasteiger partial charge in [0.05, 0.1) is 5.38 Å². The van der Waals surface area contributed by atoms with Crippen molar-refractivity contribution in [3.8, 4) is 0 Å². The van der Waals surface area contributed by atoms with Crippen molar-refractivity contribution in [2.24, 2.45) is 0 Å². The molecule has 2 unspecified atom stereocenters. The maximum absolute atomic E-state index is 6.03. The topological polar surface area (TPSA) is 9.23 Å². The van der Waals surface area contributed by atoms with Crippen LogP contribution in [0.25, 0.3) is 0 Å². The average Bonchev–Trinajstić information content (AvgIpc) is 1.96. The van der Waals surface area contributed by atoms with Gasteiger partial charge in [-0.1, -0.05) is 29.8 Å². The Balaban J connectivity index is 2.68. The zero-order valence-electron chi connectivity index (χ0n) is 6.26. The number of alkyl halides is 2. The molecule has 0 aromatic heterocycles. The summed E-state index contributed by atoms with van der Waals surface area (Å²) in [7, 11) is 0. The molecule has 1 rings (SSSR count). The van der Waals surface area contributed by atoms with Crippen molar-refractivity contribution >= 4 is 23.2 Å². The molecule has 0 aliphatic heterocycles. The minimum atomic E-state index is -0.842. The Morgan fingerprint density at radius 1 is 1.55 bits per heavy atom. The first-order valence-corrected chi connectivity index (χ1v) is 4.33. The van der Waals surface area contributed by atoms with Crippen LogP contribution in [0.5, 0.6) is 0 Å². The normalized spacial score (nSPS) is 36.1. The van der Waals surface area contributed by atoms with Crippen LogP contribution in [0, 0.1) is 0 Å². The Labute approximate surface area is 76.6 Å². The number of allylic oxidation sites excluding steroid dienone is 2. The minimum absolute atomic E-state index is 0.283. The van der Waals surface area contributed by atoms with E-state index < -0.39 is 5.06 Å². The SMILES string of the molecule is CCOC1(Cl)C=CC=CC1Cl. The molecule has 0 aromatic rings. The molecule has 0 aromatic carbocycles. The number of hydrogen-bond acceptors (Lipinski definition) is 1. The first-order chi connectivity index (χ1) is 5.19. The van der Waals surface area contributed by atoms with E-state index in [0.717, 1.165) is 0 Å². The van der Waals surface area contributed by atoms with Gasteiger partial charge in [-0.05, 0) is 13.0 Å². The predicted molar refractivity (Wildman–Crippen MR) is 48.1 cm³/mol. The van der Waals surface area contributed by atoms with Gasteiger partial charge in [0.15, 0.2) is 5.06 Å². The molecule has 0 radical (unpaired) electrons. The Morgan fingerprint density at radius 2 is 2.27 bits per heavy atom. The molecule has 0 saturated heterocycles. The fourth-order valence-electron chi connectivity index (χ4n) is 0.921. The largest absolute Gasteiger partial charge is 0.354 e. The highest BCUT2D eigenvalue weighted by atomic mass is 35.5. The van der Waals surface area contributed by atoms with E-state index in [4.69, 9.17) is 27.9 Å². The van der Waals surface area contributed by atoms with Crippen molar-refractivity contribution in [1.82, 2.24) is 0 Å². The summed E-state index contributed by atoms with van der Waals surface area (Å²) in [6, 6.07) is 0. The van der Waals surface area contributed by atoms with Crippen LogP contribution in [0.2, 0.25) is 0 Å². The van der Waals surface area contributed by atoms with E-state index in [0.29, 0.717) is 6.61 Å². The molecule has 2 atom stereocenters. The molecule has 62 valence electrons. The molecule has 11 heavy (non-hydrogen) atoms. The minimum Gasteiger partial charge on any atom is -0.354 e. The van der Waals surface area contributed by atoms with Crippen LogP contribution in [-0.4, -0.2) is 17.0 Å². The lowest BCUT2D eigenvalue weighted by molar-refractivity contribution is 0.0674. The van der Waals surface area contributed by atoms with E-state index in [9.17, 15) is 0 Å². The number of halogens is 2. The Bertz CT molecular complexity index is 189. The molecule has 0 spiro atoms. The lowest BCUT2D eigenvalue weighted by Crippen LogP contribution is -2.34. The monoisotopic (exact) mass is 192 g/mol. The van der Waals surface area contributed by atoms with Gasteiger partial charge in [0.25, 0.3) is 0 Å². The van der Waals surface area contributed by atoms with Crippen molar-refractivity contribution < 1.29 is 4.74 Å². The molecular formula is C8H10Cl2O. The third kappa shape index (κ3) is 1.98. The second-order valence-electron chi connectivity index (χ2n) is 2.28. The van der Waals surface area contributed by atoms with E-state index in [1.54, 1.807) is 6.08 Å². The maximum atomic E-state index is 6.03. The summed E-state index contributed by atoms with van der Waals surface area (Å²) in [6.07, 6.45) is 7.26. The molecule has 0 N–H and O–H groups in total. The van der Waals surface area contributed by atoms with Gasteiger partial charge < -0.3 is 4.74 Å². The maximum Gasteiger partial charge on any atom is 0.180 e. The molecule has 0 saturated carbocycles. The molecule has 1 aliphatic carbocycles. The number of hydrogen-bond donors (Lipinski definition) is 0. The number of rotatable bonds is 2. The lowest BCUT2D eigenvalue weighted by atomic mass is 10.1. The standard InChI is InChI=1S/C8H10Cl2O/c1-2-11-8(10)6-4-3-5-7(8)9/h3-7H,2H2,1H3.